The Balaban J connectivity index is 2.20. The van der Waals surface area contributed by atoms with E-state index < -0.39 is 42.4 Å². The molecule has 0 aliphatic heterocycles. The number of hydrogen-bond acceptors (Lipinski definition) is 10. The summed E-state index contributed by atoms with van der Waals surface area (Å²) < 4.78 is 0. The number of aromatic nitrogens is 2. The molecule has 15 heteroatoms. The van der Waals surface area contributed by atoms with Crippen molar-refractivity contribution in [3.63, 3.8) is 0 Å². The molecule has 0 saturated carbocycles. The zero-order valence-corrected chi connectivity index (χ0v) is 16.0. The Bertz CT molecular complexity index is 1140. The molecule has 0 atom stereocenters. The molecule has 0 unspecified atom stereocenters. The summed E-state index contributed by atoms with van der Waals surface area (Å²) in [6.45, 7) is -0.0422. The molecule has 0 amide bonds. The average Bonchev–Trinajstić information content (AvgIpc) is 3.27. The van der Waals surface area contributed by atoms with Crippen molar-refractivity contribution >= 4 is 34.1 Å². The van der Waals surface area contributed by atoms with Gasteiger partial charge in [-0.05, 0) is 12.1 Å². The summed E-state index contributed by atoms with van der Waals surface area (Å²) in [5.74, 6) is 0. The van der Waals surface area contributed by atoms with Crippen molar-refractivity contribution < 1.29 is 19.7 Å². The number of benzene rings is 2. The van der Waals surface area contributed by atoms with E-state index >= 15 is 0 Å². The van der Waals surface area contributed by atoms with Crippen molar-refractivity contribution in [2.24, 2.45) is 0 Å². The molecule has 15 nitrogen and oxygen atoms in total. The summed E-state index contributed by atoms with van der Waals surface area (Å²) in [5.41, 5.74) is -2.08. The molecule has 1 heterocycles. The van der Waals surface area contributed by atoms with Crippen LogP contribution in [0.3, 0.4) is 0 Å². The molecule has 0 radical (unpaired) electrons. The lowest BCUT2D eigenvalue weighted by Gasteiger charge is -2.24. The number of non-ortho nitro benzene ring substituents is 2. The second-order valence-corrected chi connectivity index (χ2v) is 6.35. The van der Waals surface area contributed by atoms with E-state index in [-0.39, 0.29) is 24.3 Å². The molecule has 0 aliphatic rings. The number of aromatic amines is 1. The highest BCUT2D eigenvalue weighted by atomic mass is 16.6. The van der Waals surface area contributed by atoms with Crippen molar-refractivity contribution in [2.75, 3.05) is 11.4 Å². The first-order valence-corrected chi connectivity index (χ1v) is 8.79. The van der Waals surface area contributed by atoms with Gasteiger partial charge in [-0.1, -0.05) is 0 Å². The van der Waals surface area contributed by atoms with Crippen LogP contribution in [0, 0.1) is 40.5 Å². The number of rotatable bonds is 9. The van der Waals surface area contributed by atoms with Crippen LogP contribution in [0.4, 0.5) is 34.1 Å². The normalized spacial score (nSPS) is 10.5. The average molecular weight is 443 g/mol. The number of hydrogen-bond donors (Lipinski definition) is 1. The van der Waals surface area contributed by atoms with Crippen LogP contribution in [0.1, 0.15) is 5.69 Å². The summed E-state index contributed by atoms with van der Waals surface area (Å²) in [4.78, 5) is 50.0. The van der Waals surface area contributed by atoms with E-state index in [4.69, 9.17) is 0 Å². The summed E-state index contributed by atoms with van der Waals surface area (Å²) >= 11 is 0. The topological polar surface area (TPSA) is 204 Å². The van der Waals surface area contributed by atoms with E-state index in [0.29, 0.717) is 5.69 Å². The van der Waals surface area contributed by atoms with E-state index in [1.165, 1.54) is 17.4 Å². The number of anilines is 2. The van der Waals surface area contributed by atoms with Crippen LogP contribution >= 0.6 is 0 Å². The molecule has 0 saturated heterocycles. The standard InChI is InChI=1S/C17H13N7O8/c25-21(26)12-1-3-14(16(7-12)23(29)30)20(6-5-11-9-18-10-19-11)15-4-2-13(22(27)28)8-17(15)24(31)32/h1-4,7-10H,5-6H2,(H,18,19). The Morgan fingerprint density at radius 2 is 1.28 bits per heavy atom. The van der Waals surface area contributed by atoms with Gasteiger partial charge in [0, 0.05) is 37.0 Å². The summed E-state index contributed by atoms with van der Waals surface area (Å²) in [6, 6.07) is 5.76. The lowest BCUT2D eigenvalue weighted by atomic mass is 10.1. The highest BCUT2D eigenvalue weighted by Crippen LogP contribution is 2.41. The number of nitrogens with one attached hydrogen (secondary N) is 1. The zero-order chi connectivity index (χ0) is 23.4. The van der Waals surface area contributed by atoms with Crippen molar-refractivity contribution in [3.05, 3.63) is 95.1 Å². The van der Waals surface area contributed by atoms with Gasteiger partial charge < -0.3 is 9.88 Å². The fraction of sp³-hybridized carbons (Fsp3) is 0.118. The molecular weight excluding hydrogens is 430 g/mol. The molecule has 1 N–H and O–H groups in total. The van der Waals surface area contributed by atoms with Crippen LogP contribution in [0.5, 0.6) is 0 Å². The van der Waals surface area contributed by atoms with Gasteiger partial charge in [0.25, 0.3) is 22.7 Å². The maximum atomic E-state index is 11.6. The lowest BCUT2D eigenvalue weighted by molar-refractivity contribution is -0.393. The Kier molecular flexibility index (Phi) is 6.00. The molecule has 0 spiro atoms. The molecule has 1 aromatic heterocycles. The van der Waals surface area contributed by atoms with Crippen molar-refractivity contribution in [2.45, 2.75) is 6.42 Å². The molecule has 164 valence electrons. The number of imidazole rings is 1. The number of nitro groups is 4. The Hall–Kier alpha value is -4.95. The third kappa shape index (κ3) is 4.45. The van der Waals surface area contributed by atoms with Crippen LogP contribution in [0.15, 0.2) is 48.9 Å². The third-order valence-corrected chi connectivity index (χ3v) is 4.47. The highest BCUT2D eigenvalue weighted by Gasteiger charge is 2.30. The number of H-pyrrole nitrogens is 1. The van der Waals surface area contributed by atoms with Gasteiger partial charge in [-0.25, -0.2) is 4.98 Å². The van der Waals surface area contributed by atoms with E-state index in [0.717, 1.165) is 36.4 Å². The van der Waals surface area contributed by atoms with Crippen LogP contribution < -0.4 is 4.90 Å². The van der Waals surface area contributed by atoms with Gasteiger partial charge in [0.1, 0.15) is 11.4 Å². The van der Waals surface area contributed by atoms with E-state index in [2.05, 4.69) is 9.97 Å². The van der Waals surface area contributed by atoms with Crippen LogP contribution in [0.25, 0.3) is 0 Å². The first kappa shape index (κ1) is 21.8. The highest BCUT2D eigenvalue weighted by molar-refractivity contribution is 5.79. The van der Waals surface area contributed by atoms with Crippen LogP contribution in [-0.4, -0.2) is 36.2 Å². The van der Waals surface area contributed by atoms with Crippen molar-refractivity contribution in [1.29, 1.82) is 0 Å². The van der Waals surface area contributed by atoms with Gasteiger partial charge in [0.05, 0.1) is 38.2 Å². The maximum absolute atomic E-state index is 11.6. The van der Waals surface area contributed by atoms with Gasteiger partial charge >= 0.3 is 0 Å². The van der Waals surface area contributed by atoms with E-state index in [9.17, 15) is 40.5 Å². The Morgan fingerprint density at radius 3 is 1.66 bits per heavy atom. The van der Waals surface area contributed by atoms with E-state index in [1.54, 1.807) is 0 Å². The predicted octanol–water partition coefficient (Wildman–Crippen LogP) is 3.42. The SMILES string of the molecule is O=[N+]([O-])c1ccc(N(CCc2cnc[nH]2)c2ccc([N+](=O)[O-])cc2[N+](=O)[O-])c([N+](=O)[O-])c1. The third-order valence-electron chi connectivity index (χ3n) is 4.47. The van der Waals surface area contributed by atoms with Gasteiger partial charge in [-0.3, -0.25) is 40.5 Å². The van der Waals surface area contributed by atoms with Gasteiger partial charge in [-0.2, -0.15) is 0 Å². The largest absolute Gasteiger partial charge is 0.348 e. The van der Waals surface area contributed by atoms with E-state index in [1.807, 2.05) is 0 Å². The minimum absolute atomic E-state index is 0.0422. The van der Waals surface area contributed by atoms with Gasteiger partial charge in [0.2, 0.25) is 0 Å². The Morgan fingerprint density at radius 1 is 0.781 bits per heavy atom. The quantitative estimate of drug-likeness (QED) is 0.376. The summed E-state index contributed by atoms with van der Waals surface area (Å²) in [7, 11) is 0. The van der Waals surface area contributed by atoms with Gasteiger partial charge in [-0.15, -0.1) is 0 Å². The first-order chi connectivity index (χ1) is 15.2. The first-order valence-electron chi connectivity index (χ1n) is 8.79. The Labute approximate surface area is 177 Å². The molecule has 0 bridgehead atoms. The lowest BCUT2D eigenvalue weighted by Crippen LogP contribution is -2.22. The molecule has 0 aliphatic carbocycles. The zero-order valence-electron chi connectivity index (χ0n) is 16.0. The molecular formula is C17H13N7O8. The second-order valence-electron chi connectivity index (χ2n) is 6.35. The second kappa shape index (κ2) is 8.82. The number of nitrogens with zero attached hydrogens (tertiary/aromatic N) is 6. The fourth-order valence-corrected chi connectivity index (χ4v) is 3.02. The van der Waals surface area contributed by atoms with Crippen LogP contribution in [0.2, 0.25) is 0 Å². The smallest absolute Gasteiger partial charge is 0.299 e. The van der Waals surface area contributed by atoms with Crippen LogP contribution in [-0.2, 0) is 6.42 Å². The summed E-state index contributed by atoms with van der Waals surface area (Å²) in [5, 5.41) is 45.4. The molecule has 3 aromatic rings. The molecule has 3 rings (SSSR count). The summed E-state index contributed by atoms with van der Waals surface area (Å²) in [6.07, 6.45) is 3.11. The van der Waals surface area contributed by atoms with Crippen molar-refractivity contribution in [3.8, 4) is 0 Å². The monoisotopic (exact) mass is 443 g/mol. The molecule has 2 aromatic carbocycles. The van der Waals surface area contributed by atoms with Crippen molar-refractivity contribution in [1.82, 2.24) is 9.97 Å². The minimum Gasteiger partial charge on any atom is -0.348 e. The number of nitro benzene ring substituents is 4. The molecule has 0 fully saturated rings. The maximum Gasteiger partial charge on any atom is 0.299 e. The predicted molar refractivity (Wildman–Crippen MR) is 109 cm³/mol. The van der Waals surface area contributed by atoms with Gasteiger partial charge in [0.15, 0.2) is 0 Å². The minimum atomic E-state index is -0.844. The molecule has 32 heavy (non-hydrogen) atoms. The fourth-order valence-electron chi connectivity index (χ4n) is 3.02.